The first-order valence-corrected chi connectivity index (χ1v) is 6.78. The fraction of sp³-hybridized carbons (Fsp3) is 0.125. The normalized spacial score (nSPS) is 9.30. The molecule has 0 atom stereocenters. The SMILES string of the molecule is O=CCc1cc(Cl)ccc1Cl.O=CCc1ccccc1. The minimum Gasteiger partial charge on any atom is -0.303 e. The van der Waals surface area contributed by atoms with Gasteiger partial charge < -0.3 is 9.59 Å². The van der Waals surface area contributed by atoms with Gasteiger partial charge in [0.2, 0.25) is 0 Å². The van der Waals surface area contributed by atoms with E-state index in [2.05, 4.69) is 0 Å². The Bertz CT molecular complexity index is 554. The summed E-state index contributed by atoms with van der Waals surface area (Å²) in [5.41, 5.74) is 1.85. The van der Waals surface area contributed by atoms with E-state index in [-0.39, 0.29) is 0 Å². The van der Waals surface area contributed by atoms with Crippen LogP contribution in [0, 0.1) is 0 Å². The maximum absolute atomic E-state index is 10.1. The smallest absolute Gasteiger partial charge is 0.124 e. The van der Waals surface area contributed by atoms with Gasteiger partial charge in [-0.25, -0.2) is 0 Å². The zero-order chi connectivity index (χ0) is 14.8. The standard InChI is InChI=1S/C8H6Cl2O.C8H8O/c9-7-1-2-8(10)6(5-7)3-4-11;9-7-6-8-4-2-1-3-5-8/h1-2,4-5H,3H2;1-5,7H,6H2. The van der Waals surface area contributed by atoms with Crippen LogP contribution < -0.4 is 0 Å². The van der Waals surface area contributed by atoms with Crippen molar-refractivity contribution in [1.29, 1.82) is 0 Å². The average molecular weight is 309 g/mol. The van der Waals surface area contributed by atoms with Crippen molar-refractivity contribution in [3.63, 3.8) is 0 Å². The van der Waals surface area contributed by atoms with Crippen LogP contribution >= 0.6 is 23.2 Å². The summed E-state index contributed by atoms with van der Waals surface area (Å²) in [6, 6.07) is 14.7. The van der Waals surface area contributed by atoms with Gasteiger partial charge in [0.15, 0.2) is 0 Å². The van der Waals surface area contributed by atoms with E-state index in [4.69, 9.17) is 23.2 Å². The molecule has 20 heavy (non-hydrogen) atoms. The third kappa shape index (κ3) is 6.00. The third-order valence-electron chi connectivity index (χ3n) is 2.47. The molecule has 0 radical (unpaired) electrons. The summed E-state index contributed by atoms with van der Waals surface area (Å²) in [7, 11) is 0. The molecule has 4 heteroatoms. The van der Waals surface area contributed by atoms with Crippen molar-refractivity contribution in [3.05, 3.63) is 69.7 Å². The molecule has 0 spiro atoms. The van der Waals surface area contributed by atoms with Gasteiger partial charge in [-0.2, -0.15) is 0 Å². The third-order valence-corrected chi connectivity index (χ3v) is 3.08. The molecule has 0 aliphatic heterocycles. The highest BCUT2D eigenvalue weighted by Crippen LogP contribution is 2.20. The Balaban J connectivity index is 0.000000204. The lowest BCUT2D eigenvalue weighted by Gasteiger charge is -1.98. The number of aldehydes is 2. The van der Waals surface area contributed by atoms with Crippen LogP contribution in [-0.4, -0.2) is 12.6 Å². The quantitative estimate of drug-likeness (QED) is 0.795. The number of hydrogen-bond acceptors (Lipinski definition) is 2. The lowest BCUT2D eigenvalue weighted by Crippen LogP contribution is -1.86. The zero-order valence-corrected chi connectivity index (χ0v) is 12.3. The van der Waals surface area contributed by atoms with Gasteiger partial charge in [-0.1, -0.05) is 53.5 Å². The van der Waals surface area contributed by atoms with Crippen LogP contribution in [0.4, 0.5) is 0 Å². The van der Waals surface area contributed by atoms with E-state index in [1.165, 1.54) is 0 Å². The molecular weight excluding hydrogens is 295 g/mol. The molecule has 2 aromatic carbocycles. The van der Waals surface area contributed by atoms with Crippen LogP contribution in [0.15, 0.2) is 48.5 Å². The summed E-state index contributed by atoms with van der Waals surface area (Å²) in [6.07, 6.45) is 2.56. The fourth-order valence-corrected chi connectivity index (χ4v) is 1.89. The number of carbonyl (C=O) groups excluding carboxylic acids is 2. The van der Waals surface area contributed by atoms with Crippen LogP contribution in [0.3, 0.4) is 0 Å². The first kappa shape index (κ1) is 16.4. The Morgan fingerprint density at radius 1 is 0.850 bits per heavy atom. The van der Waals surface area contributed by atoms with Crippen molar-refractivity contribution < 1.29 is 9.59 Å². The Labute approximate surface area is 128 Å². The second-order valence-electron chi connectivity index (χ2n) is 3.96. The molecule has 0 fully saturated rings. The lowest BCUT2D eigenvalue weighted by molar-refractivity contribution is -0.108. The van der Waals surface area contributed by atoms with Crippen molar-refractivity contribution in [1.82, 2.24) is 0 Å². The van der Waals surface area contributed by atoms with Crippen molar-refractivity contribution >= 4 is 35.8 Å². The molecule has 0 N–H and O–H groups in total. The maximum Gasteiger partial charge on any atom is 0.124 e. The largest absolute Gasteiger partial charge is 0.303 e. The summed E-state index contributed by atoms with van der Waals surface area (Å²) in [6.45, 7) is 0. The molecule has 0 saturated heterocycles. The molecule has 0 unspecified atom stereocenters. The van der Waals surface area contributed by atoms with Gasteiger partial charge >= 0.3 is 0 Å². The molecule has 2 rings (SSSR count). The fourth-order valence-electron chi connectivity index (χ4n) is 1.50. The first-order chi connectivity index (χ1) is 9.67. The van der Waals surface area contributed by atoms with Gasteiger partial charge in [0.05, 0.1) is 0 Å². The first-order valence-electron chi connectivity index (χ1n) is 6.02. The minimum atomic E-state index is 0.319. The van der Waals surface area contributed by atoms with Crippen LogP contribution in [0.25, 0.3) is 0 Å². The van der Waals surface area contributed by atoms with Gasteiger partial charge in [0, 0.05) is 22.9 Å². The highest BCUT2D eigenvalue weighted by molar-refractivity contribution is 6.33. The van der Waals surface area contributed by atoms with E-state index in [0.29, 0.717) is 22.9 Å². The van der Waals surface area contributed by atoms with Gasteiger partial charge in [0.1, 0.15) is 12.6 Å². The zero-order valence-electron chi connectivity index (χ0n) is 10.8. The van der Waals surface area contributed by atoms with Crippen molar-refractivity contribution in [2.75, 3.05) is 0 Å². The summed E-state index contributed by atoms with van der Waals surface area (Å²) >= 11 is 11.4. The van der Waals surface area contributed by atoms with Gasteiger partial charge in [-0.3, -0.25) is 0 Å². The predicted octanol–water partition coefficient (Wildman–Crippen LogP) is 4.16. The van der Waals surface area contributed by atoms with E-state index in [0.717, 1.165) is 23.7 Å². The van der Waals surface area contributed by atoms with Crippen LogP contribution in [0.1, 0.15) is 11.1 Å². The highest BCUT2D eigenvalue weighted by atomic mass is 35.5. The Kier molecular flexibility index (Phi) is 7.63. The number of benzene rings is 2. The van der Waals surface area contributed by atoms with E-state index in [1.807, 2.05) is 30.3 Å². The van der Waals surface area contributed by atoms with Crippen molar-refractivity contribution in [2.24, 2.45) is 0 Å². The van der Waals surface area contributed by atoms with Crippen molar-refractivity contribution in [2.45, 2.75) is 12.8 Å². The van der Waals surface area contributed by atoms with E-state index < -0.39 is 0 Å². The summed E-state index contributed by atoms with van der Waals surface area (Å²) in [5, 5.41) is 1.19. The molecule has 0 aliphatic carbocycles. The summed E-state index contributed by atoms with van der Waals surface area (Å²) < 4.78 is 0. The number of hydrogen-bond donors (Lipinski definition) is 0. The average Bonchev–Trinajstić information content (AvgIpc) is 2.45. The molecular formula is C16H14Cl2O2. The second kappa shape index (κ2) is 9.29. The molecule has 2 aromatic rings. The molecule has 0 aromatic heterocycles. The molecule has 0 saturated carbocycles. The Morgan fingerprint density at radius 3 is 2.10 bits per heavy atom. The van der Waals surface area contributed by atoms with E-state index in [9.17, 15) is 9.59 Å². The monoisotopic (exact) mass is 308 g/mol. The maximum atomic E-state index is 10.1. The predicted molar refractivity (Wildman–Crippen MR) is 82.4 cm³/mol. The number of halogens is 2. The number of rotatable bonds is 4. The molecule has 0 heterocycles. The van der Waals surface area contributed by atoms with Crippen LogP contribution in [-0.2, 0) is 22.4 Å². The van der Waals surface area contributed by atoms with E-state index in [1.54, 1.807) is 18.2 Å². The van der Waals surface area contributed by atoms with Gasteiger partial charge in [-0.05, 0) is 29.3 Å². The molecule has 104 valence electrons. The topological polar surface area (TPSA) is 34.1 Å². The Morgan fingerprint density at radius 2 is 1.50 bits per heavy atom. The Hall–Kier alpha value is -1.64. The summed E-state index contributed by atoms with van der Waals surface area (Å²) in [4.78, 5) is 20.1. The van der Waals surface area contributed by atoms with Crippen LogP contribution in [0.2, 0.25) is 10.0 Å². The van der Waals surface area contributed by atoms with Crippen LogP contribution in [0.5, 0.6) is 0 Å². The van der Waals surface area contributed by atoms with Gasteiger partial charge in [-0.15, -0.1) is 0 Å². The lowest BCUT2D eigenvalue weighted by atomic mass is 10.2. The summed E-state index contributed by atoms with van der Waals surface area (Å²) in [5.74, 6) is 0. The van der Waals surface area contributed by atoms with Gasteiger partial charge in [0.25, 0.3) is 0 Å². The molecule has 0 aliphatic rings. The molecule has 0 amide bonds. The van der Waals surface area contributed by atoms with E-state index >= 15 is 0 Å². The highest BCUT2D eigenvalue weighted by Gasteiger charge is 1.99. The minimum absolute atomic E-state index is 0.319. The van der Waals surface area contributed by atoms with Crippen molar-refractivity contribution in [3.8, 4) is 0 Å². The second-order valence-corrected chi connectivity index (χ2v) is 4.81. The molecule has 0 bridgehead atoms. The number of carbonyl (C=O) groups is 2. The molecule has 2 nitrogen and oxygen atoms in total.